The number of nitrogens with zero attached hydrogens (tertiary/aromatic N) is 1. The van der Waals surface area contributed by atoms with Crippen molar-refractivity contribution in [1.82, 2.24) is 4.90 Å². The monoisotopic (exact) mass is 535 g/mol. The summed E-state index contributed by atoms with van der Waals surface area (Å²) < 4.78 is 13.9. The van der Waals surface area contributed by atoms with E-state index in [1.54, 1.807) is 0 Å². The Hall–Kier alpha value is -2.88. The van der Waals surface area contributed by atoms with Crippen molar-refractivity contribution in [2.45, 2.75) is 31.3 Å². The van der Waals surface area contributed by atoms with Crippen molar-refractivity contribution in [3.05, 3.63) is 82.1 Å². The summed E-state index contributed by atoms with van der Waals surface area (Å²) in [6.45, 7) is 2.47. The standard InChI is InChI=1S/C21H23BrFNO2.C4H4O4/c22-18-7-5-17(6-8-18)21(26)11-14-24(15-12-21)13-1-2-20(25)16-3-9-19(23)10-4-16;5-3(6)1-2-4(7)8/h3-10,26H,1-2,11-15H2;1-2H,(H,5,6)(H,7,8)/b;2-1-. The lowest BCUT2D eigenvalue weighted by Gasteiger charge is -2.38. The van der Waals surface area contributed by atoms with Gasteiger partial charge < -0.3 is 20.2 Å². The lowest BCUT2D eigenvalue weighted by Crippen LogP contribution is -2.42. The highest BCUT2D eigenvalue weighted by molar-refractivity contribution is 9.10. The molecule has 7 nitrogen and oxygen atoms in total. The van der Waals surface area contributed by atoms with E-state index in [1.165, 1.54) is 24.3 Å². The summed E-state index contributed by atoms with van der Waals surface area (Å²) in [4.78, 5) is 33.5. The number of ketones is 1. The number of benzene rings is 2. The molecule has 0 radical (unpaired) electrons. The molecule has 0 spiro atoms. The van der Waals surface area contributed by atoms with Crippen molar-refractivity contribution in [2.75, 3.05) is 19.6 Å². The summed E-state index contributed by atoms with van der Waals surface area (Å²) in [6, 6.07) is 13.6. The first-order valence-corrected chi connectivity index (χ1v) is 11.5. The fourth-order valence-corrected chi connectivity index (χ4v) is 3.85. The van der Waals surface area contributed by atoms with Crippen LogP contribution in [0.5, 0.6) is 0 Å². The maximum absolute atomic E-state index is 12.9. The maximum atomic E-state index is 12.9. The Morgan fingerprint density at radius 3 is 1.97 bits per heavy atom. The van der Waals surface area contributed by atoms with Crippen molar-refractivity contribution in [3.8, 4) is 0 Å². The van der Waals surface area contributed by atoms with Crippen molar-refractivity contribution in [2.24, 2.45) is 0 Å². The van der Waals surface area contributed by atoms with Crippen LogP contribution in [0.4, 0.5) is 4.39 Å². The van der Waals surface area contributed by atoms with Crippen molar-refractivity contribution in [1.29, 1.82) is 0 Å². The highest BCUT2D eigenvalue weighted by atomic mass is 79.9. The van der Waals surface area contributed by atoms with E-state index in [4.69, 9.17) is 10.2 Å². The quantitative estimate of drug-likeness (QED) is 0.342. The fraction of sp³-hybridized carbons (Fsp3) is 0.320. The number of carbonyl (C=O) groups is 3. The van der Waals surface area contributed by atoms with Crippen molar-refractivity contribution < 1.29 is 34.1 Å². The molecule has 1 heterocycles. The number of piperidine rings is 1. The summed E-state index contributed by atoms with van der Waals surface area (Å²) in [5.74, 6) is -2.79. The molecular formula is C25H27BrFNO6. The van der Waals surface area contributed by atoms with Crippen LogP contribution in [-0.2, 0) is 15.2 Å². The van der Waals surface area contributed by atoms with E-state index in [-0.39, 0.29) is 11.6 Å². The predicted molar refractivity (Wildman–Crippen MR) is 128 cm³/mol. The molecule has 182 valence electrons. The molecule has 2 aromatic rings. The number of aliphatic hydroxyl groups is 1. The van der Waals surface area contributed by atoms with Gasteiger partial charge in [-0.05, 0) is 67.8 Å². The molecule has 0 aliphatic carbocycles. The number of hydrogen-bond donors (Lipinski definition) is 3. The van der Waals surface area contributed by atoms with Gasteiger partial charge in [-0.25, -0.2) is 14.0 Å². The molecule has 1 saturated heterocycles. The van der Waals surface area contributed by atoms with Gasteiger partial charge >= 0.3 is 11.9 Å². The number of carbonyl (C=O) groups excluding carboxylic acids is 1. The van der Waals surface area contributed by atoms with Crippen LogP contribution in [0.3, 0.4) is 0 Å². The number of Topliss-reactive ketones (excluding diaryl/α,β-unsaturated/α-hetero) is 1. The van der Waals surface area contributed by atoms with Gasteiger partial charge in [0.1, 0.15) is 5.82 Å². The first-order valence-electron chi connectivity index (χ1n) is 10.7. The molecule has 1 fully saturated rings. The third-order valence-electron chi connectivity index (χ3n) is 5.48. The second-order valence-electron chi connectivity index (χ2n) is 7.92. The Labute approximate surface area is 205 Å². The first-order chi connectivity index (χ1) is 16.1. The van der Waals surface area contributed by atoms with Crippen LogP contribution < -0.4 is 0 Å². The van der Waals surface area contributed by atoms with Gasteiger partial charge in [-0.3, -0.25) is 4.79 Å². The van der Waals surface area contributed by atoms with Crippen LogP contribution in [0, 0.1) is 5.82 Å². The zero-order chi connectivity index (χ0) is 25.1. The Bertz CT molecular complexity index is 983. The zero-order valence-corrected chi connectivity index (χ0v) is 20.1. The van der Waals surface area contributed by atoms with Crippen LogP contribution >= 0.6 is 15.9 Å². The molecule has 0 unspecified atom stereocenters. The number of rotatable bonds is 8. The topological polar surface area (TPSA) is 115 Å². The van der Waals surface area contributed by atoms with E-state index in [1.807, 2.05) is 24.3 Å². The van der Waals surface area contributed by atoms with Gasteiger partial charge in [0, 0.05) is 41.7 Å². The number of aliphatic carboxylic acids is 2. The van der Waals surface area contributed by atoms with Gasteiger partial charge in [0.2, 0.25) is 0 Å². The Morgan fingerprint density at radius 1 is 0.941 bits per heavy atom. The summed E-state index contributed by atoms with van der Waals surface area (Å²) in [6.07, 6.45) is 3.73. The van der Waals surface area contributed by atoms with Crippen molar-refractivity contribution >= 4 is 33.7 Å². The normalized spacial score (nSPS) is 15.4. The molecule has 2 aromatic carbocycles. The minimum absolute atomic E-state index is 0.0494. The van der Waals surface area contributed by atoms with E-state index < -0.39 is 17.5 Å². The molecule has 0 saturated carbocycles. The highest BCUT2D eigenvalue weighted by Crippen LogP contribution is 2.33. The van der Waals surface area contributed by atoms with Crippen LogP contribution in [0.15, 0.2) is 65.2 Å². The smallest absolute Gasteiger partial charge is 0.328 e. The number of carboxylic acids is 2. The minimum atomic E-state index is -1.26. The Kier molecular flexibility index (Phi) is 10.6. The lowest BCUT2D eigenvalue weighted by atomic mass is 9.84. The summed E-state index contributed by atoms with van der Waals surface area (Å²) >= 11 is 3.42. The van der Waals surface area contributed by atoms with Crippen molar-refractivity contribution in [3.63, 3.8) is 0 Å². The molecular weight excluding hydrogens is 509 g/mol. The average Bonchev–Trinajstić information content (AvgIpc) is 2.80. The third kappa shape index (κ3) is 9.17. The average molecular weight is 536 g/mol. The molecule has 1 aliphatic heterocycles. The van der Waals surface area contributed by atoms with Gasteiger partial charge in [0.05, 0.1) is 5.60 Å². The second-order valence-corrected chi connectivity index (χ2v) is 8.84. The molecule has 0 aromatic heterocycles. The minimum Gasteiger partial charge on any atom is -0.478 e. The van der Waals surface area contributed by atoms with Crippen LogP contribution in [0.1, 0.15) is 41.6 Å². The second kappa shape index (κ2) is 13.1. The van der Waals surface area contributed by atoms with Crippen LogP contribution in [-0.4, -0.2) is 57.6 Å². The molecule has 34 heavy (non-hydrogen) atoms. The van der Waals surface area contributed by atoms with E-state index in [2.05, 4.69) is 20.8 Å². The lowest BCUT2D eigenvalue weighted by molar-refractivity contribution is -0.134. The summed E-state index contributed by atoms with van der Waals surface area (Å²) in [5.41, 5.74) is 0.766. The Morgan fingerprint density at radius 2 is 1.47 bits per heavy atom. The summed E-state index contributed by atoms with van der Waals surface area (Å²) in [5, 5.41) is 26.5. The fourth-order valence-electron chi connectivity index (χ4n) is 3.58. The maximum Gasteiger partial charge on any atom is 0.328 e. The van der Waals surface area contributed by atoms with E-state index in [0.717, 1.165) is 36.1 Å². The molecule has 0 amide bonds. The highest BCUT2D eigenvalue weighted by Gasteiger charge is 2.33. The first kappa shape index (κ1) is 27.4. The van der Waals surface area contributed by atoms with E-state index in [0.29, 0.717) is 37.0 Å². The molecule has 3 N–H and O–H groups in total. The van der Waals surface area contributed by atoms with E-state index in [9.17, 15) is 23.9 Å². The molecule has 3 rings (SSSR count). The predicted octanol–water partition coefficient (Wildman–Crippen LogP) is 4.25. The number of carboxylic acid groups (broad SMARTS) is 2. The number of hydrogen-bond acceptors (Lipinski definition) is 5. The van der Waals surface area contributed by atoms with Gasteiger partial charge in [-0.1, -0.05) is 28.1 Å². The largest absolute Gasteiger partial charge is 0.478 e. The zero-order valence-electron chi connectivity index (χ0n) is 18.5. The Balaban J connectivity index is 0.000000440. The molecule has 9 heteroatoms. The molecule has 1 aliphatic rings. The summed E-state index contributed by atoms with van der Waals surface area (Å²) in [7, 11) is 0. The third-order valence-corrected chi connectivity index (χ3v) is 6.01. The SMILES string of the molecule is O=C(CCCN1CCC(O)(c2ccc(Br)cc2)CC1)c1ccc(F)cc1.O=C(O)/C=C\C(=O)O. The molecule has 0 bridgehead atoms. The molecule has 0 atom stereocenters. The van der Waals surface area contributed by atoms with Gasteiger partial charge in [0.25, 0.3) is 0 Å². The van der Waals surface area contributed by atoms with Crippen LogP contribution in [0.2, 0.25) is 0 Å². The number of likely N-dealkylation sites (tertiary alicyclic amines) is 1. The van der Waals surface area contributed by atoms with Gasteiger partial charge in [-0.2, -0.15) is 0 Å². The van der Waals surface area contributed by atoms with Gasteiger partial charge in [0.15, 0.2) is 5.78 Å². The van der Waals surface area contributed by atoms with Crippen LogP contribution in [0.25, 0.3) is 0 Å². The van der Waals surface area contributed by atoms with Gasteiger partial charge in [-0.15, -0.1) is 0 Å². The van der Waals surface area contributed by atoms with E-state index >= 15 is 0 Å². The number of halogens is 2.